The second-order valence-corrected chi connectivity index (χ2v) is 4.98. The van der Waals surface area contributed by atoms with Crippen molar-refractivity contribution in [3.63, 3.8) is 0 Å². The second kappa shape index (κ2) is 3.57. The first-order chi connectivity index (χ1) is 6.59. The molecule has 1 heterocycles. The third kappa shape index (κ3) is 1.56. The molecule has 0 saturated heterocycles. The zero-order valence-corrected chi connectivity index (χ0v) is 10.8. The van der Waals surface area contributed by atoms with Crippen molar-refractivity contribution in [2.75, 3.05) is 5.32 Å². The molecule has 0 aromatic heterocycles. The summed E-state index contributed by atoms with van der Waals surface area (Å²) in [5, 5.41) is 3.52. The Morgan fingerprint density at radius 2 is 2.00 bits per heavy atom. The topological polar surface area (TPSA) is 12.0 Å². The molecule has 1 nitrogen and oxygen atoms in total. The molecule has 1 atom stereocenters. The van der Waals surface area contributed by atoms with Crippen molar-refractivity contribution in [1.82, 2.24) is 0 Å². The van der Waals surface area contributed by atoms with Crippen LogP contribution < -0.4 is 5.32 Å². The maximum absolute atomic E-state index is 3.52. The highest BCUT2D eigenvalue weighted by Crippen LogP contribution is 2.33. The molecular formula is C12H14IN. The van der Waals surface area contributed by atoms with Gasteiger partial charge in [-0.3, -0.25) is 0 Å². The van der Waals surface area contributed by atoms with Crippen LogP contribution in [0.5, 0.6) is 0 Å². The molecule has 0 aliphatic carbocycles. The van der Waals surface area contributed by atoms with E-state index in [4.69, 9.17) is 0 Å². The van der Waals surface area contributed by atoms with Crippen LogP contribution in [0.25, 0.3) is 6.08 Å². The average molecular weight is 299 g/mol. The van der Waals surface area contributed by atoms with Crippen LogP contribution in [0.1, 0.15) is 23.6 Å². The fraction of sp³-hybridized carbons (Fsp3) is 0.333. The number of halogens is 1. The molecule has 2 heteroatoms. The van der Waals surface area contributed by atoms with Crippen LogP contribution in [0.3, 0.4) is 0 Å². The Labute approximate surface area is 98.7 Å². The van der Waals surface area contributed by atoms with E-state index in [9.17, 15) is 0 Å². The van der Waals surface area contributed by atoms with E-state index >= 15 is 0 Å². The summed E-state index contributed by atoms with van der Waals surface area (Å²) in [5.74, 6) is 0. The van der Waals surface area contributed by atoms with Crippen molar-refractivity contribution >= 4 is 34.4 Å². The molecule has 1 aromatic carbocycles. The summed E-state index contributed by atoms with van der Waals surface area (Å²) in [5.41, 5.74) is 5.36. The van der Waals surface area contributed by atoms with Gasteiger partial charge in [0.1, 0.15) is 0 Å². The number of hydrogen-bond acceptors (Lipinski definition) is 1. The van der Waals surface area contributed by atoms with E-state index in [0.29, 0.717) is 6.04 Å². The normalized spacial score (nSPS) is 19.0. The van der Waals surface area contributed by atoms with Gasteiger partial charge in [0.05, 0.1) is 5.69 Å². The molecule has 0 bridgehead atoms. The molecule has 0 fully saturated rings. The minimum absolute atomic E-state index is 0.442. The number of fused-ring (bicyclic) bond motifs is 1. The van der Waals surface area contributed by atoms with Crippen molar-refractivity contribution in [3.05, 3.63) is 32.4 Å². The fourth-order valence-corrected chi connectivity index (χ4v) is 2.45. The van der Waals surface area contributed by atoms with Crippen LogP contribution >= 0.6 is 22.6 Å². The average Bonchev–Trinajstić information content (AvgIpc) is 2.14. The molecular weight excluding hydrogens is 285 g/mol. The maximum Gasteiger partial charge on any atom is 0.0559 e. The summed E-state index contributed by atoms with van der Waals surface area (Å²) >= 11 is 2.42. The number of aryl methyl sites for hydroxylation is 2. The van der Waals surface area contributed by atoms with Gasteiger partial charge in [-0.05, 0) is 54.5 Å². The van der Waals surface area contributed by atoms with Crippen molar-refractivity contribution in [1.29, 1.82) is 0 Å². The summed E-state index contributed by atoms with van der Waals surface area (Å²) in [7, 11) is 0. The van der Waals surface area contributed by atoms with Crippen molar-refractivity contribution in [2.24, 2.45) is 0 Å². The molecule has 1 unspecified atom stereocenters. The molecule has 1 aromatic rings. The minimum atomic E-state index is 0.442. The van der Waals surface area contributed by atoms with Gasteiger partial charge in [-0.15, -0.1) is 0 Å². The van der Waals surface area contributed by atoms with Gasteiger partial charge in [0.2, 0.25) is 0 Å². The number of hydrogen-bond donors (Lipinski definition) is 1. The molecule has 2 rings (SSSR count). The summed E-state index contributed by atoms with van der Waals surface area (Å²) in [4.78, 5) is 0. The lowest BCUT2D eigenvalue weighted by Gasteiger charge is -2.23. The van der Waals surface area contributed by atoms with Gasteiger partial charge in [-0.25, -0.2) is 0 Å². The third-order valence-electron chi connectivity index (χ3n) is 2.62. The van der Waals surface area contributed by atoms with Crippen LogP contribution in [0.2, 0.25) is 0 Å². The highest BCUT2D eigenvalue weighted by molar-refractivity contribution is 14.1. The van der Waals surface area contributed by atoms with Gasteiger partial charge in [-0.2, -0.15) is 0 Å². The molecule has 0 saturated carbocycles. The summed E-state index contributed by atoms with van der Waals surface area (Å²) in [6, 6.07) is 2.69. The van der Waals surface area contributed by atoms with Gasteiger partial charge in [-0.1, -0.05) is 18.2 Å². The van der Waals surface area contributed by atoms with Gasteiger partial charge in [0, 0.05) is 15.2 Å². The summed E-state index contributed by atoms with van der Waals surface area (Å²) in [6.45, 7) is 6.51. The van der Waals surface area contributed by atoms with E-state index in [1.54, 1.807) is 0 Å². The first kappa shape index (κ1) is 10.0. The number of benzene rings is 1. The van der Waals surface area contributed by atoms with Crippen LogP contribution in [0.4, 0.5) is 5.69 Å². The smallest absolute Gasteiger partial charge is 0.0559 e. The molecule has 0 spiro atoms. The lowest BCUT2D eigenvalue weighted by Crippen LogP contribution is -2.17. The number of anilines is 1. The molecule has 1 aliphatic rings. The van der Waals surface area contributed by atoms with Gasteiger partial charge >= 0.3 is 0 Å². The zero-order chi connectivity index (χ0) is 10.3. The molecule has 74 valence electrons. The largest absolute Gasteiger partial charge is 0.378 e. The van der Waals surface area contributed by atoms with Crippen LogP contribution in [-0.4, -0.2) is 6.04 Å². The van der Waals surface area contributed by atoms with Crippen molar-refractivity contribution in [3.8, 4) is 0 Å². The predicted octanol–water partition coefficient (Wildman–Crippen LogP) is 3.74. The Morgan fingerprint density at radius 3 is 2.71 bits per heavy atom. The molecule has 1 N–H and O–H groups in total. The molecule has 1 aliphatic heterocycles. The predicted molar refractivity (Wildman–Crippen MR) is 70.8 cm³/mol. The SMILES string of the molecule is Cc1cc(C)c2c(c1I)NC(C)C=C2. The van der Waals surface area contributed by atoms with E-state index in [0.717, 1.165) is 0 Å². The minimum Gasteiger partial charge on any atom is -0.378 e. The van der Waals surface area contributed by atoms with E-state index in [1.165, 1.54) is 25.9 Å². The highest BCUT2D eigenvalue weighted by Gasteiger charge is 2.15. The van der Waals surface area contributed by atoms with E-state index < -0.39 is 0 Å². The Balaban J connectivity index is 2.66. The second-order valence-electron chi connectivity index (χ2n) is 3.91. The fourth-order valence-electron chi connectivity index (χ4n) is 1.85. The summed E-state index contributed by atoms with van der Waals surface area (Å²) < 4.78 is 1.35. The van der Waals surface area contributed by atoms with Crippen LogP contribution in [0, 0.1) is 17.4 Å². The Bertz CT molecular complexity index is 407. The first-order valence-electron chi connectivity index (χ1n) is 4.84. The van der Waals surface area contributed by atoms with E-state index in [2.05, 4.69) is 66.9 Å². The van der Waals surface area contributed by atoms with E-state index in [-0.39, 0.29) is 0 Å². The number of rotatable bonds is 0. The number of nitrogens with one attached hydrogen (secondary N) is 1. The quantitative estimate of drug-likeness (QED) is 0.720. The maximum atomic E-state index is 3.52. The molecule has 0 amide bonds. The monoisotopic (exact) mass is 299 g/mol. The first-order valence-corrected chi connectivity index (χ1v) is 5.92. The lowest BCUT2D eigenvalue weighted by atomic mass is 9.99. The van der Waals surface area contributed by atoms with Gasteiger partial charge < -0.3 is 5.32 Å². The van der Waals surface area contributed by atoms with E-state index in [1.807, 2.05) is 0 Å². The van der Waals surface area contributed by atoms with Crippen LogP contribution in [0.15, 0.2) is 12.1 Å². The van der Waals surface area contributed by atoms with Gasteiger partial charge in [0.25, 0.3) is 0 Å². The Morgan fingerprint density at radius 1 is 1.29 bits per heavy atom. The van der Waals surface area contributed by atoms with Crippen LogP contribution in [-0.2, 0) is 0 Å². The van der Waals surface area contributed by atoms with Crippen molar-refractivity contribution in [2.45, 2.75) is 26.8 Å². The summed E-state index contributed by atoms with van der Waals surface area (Å²) in [6.07, 6.45) is 4.44. The standard InChI is InChI=1S/C12H14IN/c1-7-6-8(2)11(13)12-10(7)5-4-9(3)14-12/h4-6,9,14H,1-3H3. The molecule has 0 radical (unpaired) electrons. The third-order valence-corrected chi connectivity index (χ3v) is 4.01. The van der Waals surface area contributed by atoms with Crippen molar-refractivity contribution < 1.29 is 0 Å². The Hall–Kier alpha value is -0.510. The highest BCUT2D eigenvalue weighted by atomic mass is 127. The lowest BCUT2D eigenvalue weighted by molar-refractivity contribution is 0.986. The zero-order valence-electron chi connectivity index (χ0n) is 8.69. The van der Waals surface area contributed by atoms with Gasteiger partial charge in [0.15, 0.2) is 0 Å². The molecule has 14 heavy (non-hydrogen) atoms. The Kier molecular flexibility index (Phi) is 2.56.